The van der Waals surface area contributed by atoms with E-state index < -0.39 is 0 Å². The first-order valence-corrected chi connectivity index (χ1v) is 8.38. The Labute approximate surface area is 146 Å². The molecule has 5 nitrogen and oxygen atoms in total. The number of aromatic nitrogens is 1. The molecule has 0 radical (unpaired) electrons. The molecule has 6 heteroatoms. The third-order valence-electron chi connectivity index (χ3n) is 4.31. The molecule has 1 aromatic heterocycles. The number of pyridine rings is 1. The van der Waals surface area contributed by atoms with Crippen LogP contribution in [0.4, 0.5) is 11.5 Å². The largest absolute Gasteiger partial charge is 0.506 e. The summed E-state index contributed by atoms with van der Waals surface area (Å²) in [6.07, 6.45) is 3.14. The van der Waals surface area contributed by atoms with Gasteiger partial charge in [0, 0.05) is 25.2 Å². The van der Waals surface area contributed by atoms with Crippen molar-refractivity contribution in [3.63, 3.8) is 0 Å². The van der Waals surface area contributed by atoms with Crippen molar-refractivity contribution in [1.29, 1.82) is 0 Å². The Hall–Kier alpha value is -2.27. The summed E-state index contributed by atoms with van der Waals surface area (Å²) in [6, 6.07) is 8.90. The molecule has 1 aliphatic heterocycles. The summed E-state index contributed by atoms with van der Waals surface area (Å²) in [7, 11) is 0. The number of amides is 1. The lowest BCUT2D eigenvalue weighted by atomic mass is 9.95. The number of phenols is 1. The van der Waals surface area contributed by atoms with Gasteiger partial charge in [-0.05, 0) is 49.6 Å². The first-order chi connectivity index (χ1) is 11.5. The molecule has 0 spiro atoms. The van der Waals surface area contributed by atoms with Gasteiger partial charge in [-0.1, -0.05) is 17.7 Å². The highest BCUT2D eigenvalue weighted by atomic mass is 35.5. The minimum absolute atomic E-state index is 0.0420. The maximum absolute atomic E-state index is 12.4. The highest BCUT2D eigenvalue weighted by Gasteiger charge is 2.26. The van der Waals surface area contributed by atoms with E-state index >= 15 is 0 Å². The number of piperidine rings is 1. The van der Waals surface area contributed by atoms with E-state index in [1.165, 1.54) is 0 Å². The van der Waals surface area contributed by atoms with E-state index in [-0.39, 0.29) is 17.6 Å². The molecule has 0 saturated carbocycles. The maximum Gasteiger partial charge on any atom is 0.227 e. The number of nitrogens with zero attached hydrogens (tertiary/aromatic N) is 2. The molecule has 126 valence electrons. The van der Waals surface area contributed by atoms with Gasteiger partial charge < -0.3 is 15.3 Å². The van der Waals surface area contributed by atoms with Gasteiger partial charge in [-0.25, -0.2) is 4.98 Å². The van der Waals surface area contributed by atoms with E-state index in [2.05, 4.69) is 15.2 Å². The number of hydrogen-bond acceptors (Lipinski definition) is 4. The summed E-state index contributed by atoms with van der Waals surface area (Å²) in [6.45, 7) is 3.46. The molecule has 1 aliphatic rings. The second-order valence-corrected chi connectivity index (χ2v) is 6.54. The van der Waals surface area contributed by atoms with Gasteiger partial charge in [0.15, 0.2) is 0 Å². The molecule has 1 saturated heterocycles. The SMILES string of the molecule is Cc1ccc(O)c(NC(=O)C2CCN(c3ccc(Cl)cn3)CC2)c1. The van der Waals surface area contributed by atoms with Crippen molar-refractivity contribution >= 4 is 29.0 Å². The van der Waals surface area contributed by atoms with Crippen LogP contribution in [0, 0.1) is 12.8 Å². The van der Waals surface area contributed by atoms with Crippen molar-refractivity contribution in [2.24, 2.45) is 5.92 Å². The molecular formula is C18H20ClN3O2. The summed E-state index contributed by atoms with van der Waals surface area (Å²) >= 11 is 5.86. The second-order valence-electron chi connectivity index (χ2n) is 6.11. The highest BCUT2D eigenvalue weighted by Crippen LogP contribution is 2.27. The van der Waals surface area contributed by atoms with Crippen molar-refractivity contribution in [1.82, 2.24) is 4.98 Å². The smallest absolute Gasteiger partial charge is 0.227 e. The summed E-state index contributed by atoms with van der Waals surface area (Å²) < 4.78 is 0. The molecule has 0 aliphatic carbocycles. The van der Waals surface area contributed by atoms with E-state index in [4.69, 9.17) is 11.6 Å². The molecule has 3 rings (SSSR count). The number of nitrogens with one attached hydrogen (secondary N) is 1. The van der Waals surface area contributed by atoms with Crippen LogP contribution in [0.2, 0.25) is 5.02 Å². The molecule has 0 atom stereocenters. The average molecular weight is 346 g/mol. The van der Waals surface area contributed by atoms with E-state index in [1.54, 1.807) is 18.3 Å². The molecule has 1 amide bonds. The molecule has 24 heavy (non-hydrogen) atoms. The van der Waals surface area contributed by atoms with Gasteiger partial charge in [0.1, 0.15) is 11.6 Å². The number of benzene rings is 1. The minimum atomic E-state index is -0.0616. The maximum atomic E-state index is 12.4. The fourth-order valence-electron chi connectivity index (χ4n) is 2.91. The molecule has 2 aromatic rings. The zero-order chi connectivity index (χ0) is 17.1. The van der Waals surface area contributed by atoms with Crippen LogP contribution in [0.3, 0.4) is 0 Å². The third-order valence-corrected chi connectivity index (χ3v) is 4.54. The lowest BCUT2D eigenvalue weighted by molar-refractivity contribution is -0.120. The van der Waals surface area contributed by atoms with Gasteiger partial charge in [0.2, 0.25) is 5.91 Å². The molecule has 1 aromatic carbocycles. The Kier molecular flexibility index (Phi) is 4.90. The van der Waals surface area contributed by atoms with Crippen molar-refractivity contribution in [2.45, 2.75) is 19.8 Å². The zero-order valence-electron chi connectivity index (χ0n) is 13.5. The highest BCUT2D eigenvalue weighted by molar-refractivity contribution is 6.30. The van der Waals surface area contributed by atoms with Gasteiger partial charge >= 0.3 is 0 Å². The number of aryl methyl sites for hydroxylation is 1. The van der Waals surface area contributed by atoms with Crippen molar-refractivity contribution in [2.75, 3.05) is 23.3 Å². The molecule has 2 heterocycles. The minimum Gasteiger partial charge on any atom is -0.506 e. The lowest BCUT2D eigenvalue weighted by Crippen LogP contribution is -2.38. The lowest BCUT2D eigenvalue weighted by Gasteiger charge is -2.32. The normalized spacial score (nSPS) is 15.3. The fourth-order valence-corrected chi connectivity index (χ4v) is 3.02. The van der Waals surface area contributed by atoms with E-state index in [0.717, 1.165) is 37.3 Å². The van der Waals surface area contributed by atoms with Crippen molar-refractivity contribution < 1.29 is 9.90 Å². The first kappa shape index (κ1) is 16.6. The topological polar surface area (TPSA) is 65.5 Å². The fraction of sp³-hybridized carbons (Fsp3) is 0.333. The van der Waals surface area contributed by atoms with Crippen molar-refractivity contribution in [3.8, 4) is 5.75 Å². The number of halogens is 1. The summed E-state index contributed by atoms with van der Waals surface area (Å²) in [4.78, 5) is 18.9. The molecular weight excluding hydrogens is 326 g/mol. The summed E-state index contributed by atoms with van der Waals surface area (Å²) in [5, 5.41) is 13.3. The number of aromatic hydroxyl groups is 1. The number of carbonyl (C=O) groups is 1. The number of carbonyl (C=O) groups excluding carboxylic acids is 1. The van der Waals surface area contributed by atoms with Gasteiger partial charge in [-0.2, -0.15) is 0 Å². The van der Waals surface area contributed by atoms with Gasteiger partial charge in [-0.3, -0.25) is 4.79 Å². The van der Waals surface area contributed by atoms with Crippen LogP contribution in [-0.4, -0.2) is 29.1 Å². The molecule has 1 fully saturated rings. The van der Waals surface area contributed by atoms with Gasteiger partial charge in [-0.15, -0.1) is 0 Å². The monoisotopic (exact) mass is 345 g/mol. The number of rotatable bonds is 3. The van der Waals surface area contributed by atoms with Crippen LogP contribution in [0.25, 0.3) is 0 Å². The van der Waals surface area contributed by atoms with Gasteiger partial charge in [0.05, 0.1) is 10.7 Å². The van der Waals surface area contributed by atoms with E-state index in [0.29, 0.717) is 10.7 Å². The standard InChI is InChI=1S/C18H20ClN3O2/c1-12-2-4-16(23)15(10-12)21-18(24)13-6-8-22(9-7-13)17-5-3-14(19)11-20-17/h2-5,10-11,13,23H,6-9H2,1H3,(H,21,24). The van der Waals surface area contributed by atoms with Gasteiger partial charge in [0.25, 0.3) is 0 Å². The molecule has 0 unspecified atom stereocenters. The Bertz CT molecular complexity index is 726. The average Bonchev–Trinajstić information content (AvgIpc) is 2.59. The third kappa shape index (κ3) is 3.79. The Balaban J connectivity index is 1.59. The number of phenolic OH excluding ortho intramolecular Hbond substituents is 1. The Morgan fingerprint density at radius 1 is 1.29 bits per heavy atom. The summed E-state index contributed by atoms with van der Waals surface area (Å²) in [5.41, 5.74) is 1.47. The number of hydrogen-bond donors (Lipinski definition) is 2. The van der Waals surface area contributed by atoms with Crippen LogP contribution < -0.4 is 10.2 Å². The zero-order valence-corrected chi connectivity index (χ0v) is 14.3. The predicted octanol–water partition coefficient (Wildman–Crippen LogP) is 3.60. The van der Waals surface area contributed by atoms with Crippen LogP contribution >= 0.6 is 11.6 Å². The quantitative estimate of drug-likeness (QED) is 0.834. The second kappa shape index (κ2) is 7.09. The van der Waals surface area contributed by atoms with Crippen LogP contribution in [-0.2, 0) is 4.79 Å². The number of anilines is 2. The molecule has 0 bridgehead atoms. The summed E-state index contributed by atoms with van der Waals surface area (Å²) in [5.74, 6) is 0.874. The van der Waals surface area contributed by atoms with Crippen LogP contribution in [0.1, 0.15) is 18.4 Å². The van der Waals surface area contributed by atoms with Crippen LogP contribution in [0.15, 0.2) is 36.5 Å². The van der Waals surface area contributed by atoms with E-state index in [1.807, 2.05) is 25.1 Å². The predicted molar refractivity (Wildman–Crippen MR) is 95.7 cm³/mol. The van der Waals surface area contributed by atoms with Crippen LogP contribution in [0.5, 0.6) is 5.75 Å². The Morgan fingerprint density at radius 2 is 2.04 bits per heavy atom. The molecule has 2 N–H and O–H groups in total. The van der Waals surface area contributed by atoms with E-state index in [9.17, 15) is 9.90 Å². The first-order valence-electron chi connectivity index (χ1n) is 8.00. The van der Waals surface area contributed by atoms with Crippen molar-refractivity contribution in [3.05, 3.63) is 47.1 Å². The Morgan fingerprint density at radius 3 is 2.71 bits per heavy atom.